The molecule has 1 N–H and O–H groups in total. The lowest BCUT2D eigenvalue weighted by Crippen LogP contribution is -2.41. The number of amides is 2. The molecule has 1 aromatic carbocycles. The van der Waals surface area contributed by atoms with Gasteiger partial charge in [-0.25, -0.2) is 0 Å². The van der Waals surface area contributed by atoms with Gasteiger partial charge in [-0.3, -0.25) is 14.5 Å². The Morgan fingerprint density at radius 3 is 2.72 bits per heavy atom. The van der Waals surface area contributed by atoms with Crippen molar-refractivity contribution in [1.29, 1.82) is 0 Å². The van der Waals surface area contributed by atoms with Gasteiger partial charge >= 0.3 is 0 Å². The Hall–Kier alpha value is -2.93. The van der Waals surface area contributed by atoms with Crippen molar-refractivity contribution in [3.05, 3.63) is 53.8 Å². The molecule has 0 unspecified atom stereocenters. The molecule has 2 saturated heterocycles. The number of nitrogens with one attached hydrogen (secondary N) is 1. The van der Waals surface area contributed by atoms with Crippen LogP contribution in [0.4, 0.5) is 11.5 Å². The van der Waals surface area contributed by atoms with Crippen LogP contribution in [-0.4, -0.2) is 35.2 Å². The summed E-state index contributed by atoms with van der Waals surface area (Å²) in [6.45, 7) is 6.36. The van der Waals surface area contributed by atoms with Gasteiger partial charge in [0.25, 0.3) is 0 Å². The van der Waals surface area contributed by atoms with Gasteiger partial charge < -0.3 is 14.6 Å². The standard InChI is InChI=1S/C22H23N3O4/c1-12(2)14-4-6-15(7-5-14)23-20(26)18-16-8-9-22(28-16)11-25(21(27)19(18)22)17-10-13(3)29-24-17/h4-10,12,16,18-19H,11H2,1-3H3,(H,23,26)/t16-,18+,19-,22+/m1/s1. The molecule has 150 valence electrons. The second-order valence-corrected chi connectivity index (χ2v) is 8.39. The van der Waals surface area contributed by atoms with Crippen LogP contribution in [0.1, 0.15) is 31.1 Å². The van der Waals surface area contributed by atoms with E-state index in [0.29, 0.717) is 24.0 Å². The van der Waals surface area contributed by atoms with Crippen molar-refractivity contribution in [3.8, 4) is 0 Å². The Labute approximate surface area is 168 Å². The monoisotopic (exact) mass is 393 g/mol. The predicted molar refractivity (Wildman–Crippen MR) is 106 cm³/mol. The number of benzene rings is 1. The zero-order chi connectivity index (χ0) is 20.3. The smallest absolute Gasteiger partial charge is 0.235 e. The maximum Gasteiger partial charge on any atom is 0.235 e. The third kappa shape index (κ3) is 2.72. The highest BCUT2D eigenvalue weighted by molar-refractivity contribution is 6.05. The molecule has 2 fully saturated rings. The van der Waals surface area contributed by atoms with E-state index in [4.69, 9.17) is 9.26 Å². The average Bonchev–Trinajstić information content (AvgIpc) is 3.43. The van der Waals surface area contributed by atoms with Crippen LogP contribution < -0.4 is 10.2 Å². The van der Waals surface area contributed by atoms with Crippen molar-refractivity contribution in [1.82, 2.24) is 5.16 Å². The Bertz CT molecular complexity index is 1010. The molecule has 2 amide bonds. The van der Waals surface area contributed by atoms with Gasteiger partial charge in [0.1, 0.15) is 11.4 Å². The quantitative estimate of drug-likeness (QED) is 0.807. The van der Waals surface area contributed by atoms with Crippen molar-refractivity contribution in [2.24, 2.45) is 11.8 Å². The van der Waals surface area contributed by atoms with E-state index in [0.717, 1.165) is 5.69 Å². The molecule has 0 radical (unpaired) electrons. The number of aromatic nitrogens is 1. The number of fused-ring (bicyclic) bond motifs is 1. The van der Waals surface area contributed by atoms with Crippen molar-refractivity contribution in [2.75, 3.05) is 16.8 Å². The van der Waals surface area contributed by atoms with Crippen LogP contribution in [0.15, 0.2) is 47.0 Å². The molecule has 4 heterocycles. The lowest BCUT2D eigenvalue weighted by atomic mass is 9.76. The summed E-state index contributed by atoms with van der Waals surface area (Å²) in [6, 6.07) is 9.53. The molecule has 7 nitrogen and oxygen atoms in total. The van der Waals surface area contributed by atoms with Crippen molar-refractivity contribution in [2.45, 2.75) is 38.4 Å². The summed E-state index contributed by atoms with van der Waals surface area (Å²) >= 11 is 0. The minimum absolute atomic E-state index is 0.152. The Balaban J connectivity index is 1.39. The first-order chi connectivity index (χ1) is 13.9. The Morgan fingerprint density at radius 1 is 1.31 bits per heavy atom. The summed E-state index contributed by atoms with van der Waals surface area (Å²) in [4.78, 5) is 27.9. The van der Waals surface area contributed by atoms with Gasteiger partial charge in [-0.2, -0.15) is 0 Å². The van der Waals surface area contributed by atoms with E-state index in [9.17, 15) is 9.59 Å². The number of anilines is 2. The SMILES string of the molecule is Cc1cc(N2C[C@]34C=C[C@@H](O3)[C@H](C(=O)Nc3ccc(C(C)C)cc3)[C@@H]4C2=O)no1. The highest BCUT2D eigenvalue weighted by Crippen LogP contribution is 2.52. The predicted octanol–water partition coefficient (Wildman–Crippen LogP) is 3.03. The molecule has 1 aromatic heterocycles. The van der Waals surface area contributed by atoms with Gasteiger partial charge in [0.05, 0.1) is 24.5 Å². The van der Waals surface area contributed by atoms with Crippen LogP contribution in [0.5, 0.6) is 0 Å². The van der Waals surface area contributed by atoms with Crippen molar-refractivity contribution >= 4 is 23.3 Å². The first kappa shape index (κ1) is 18.1. The molecule has 5 rings (SSSR count). The fraction of sp³-hybridized carbons (Fsp3) is 0.409. The number of hydrogen-bond donors (Lipinski definition) is 1. The van der Waals surface area contributed by atoms with E-state index in [1.165, 1.54) is 5.56 Å². The van der Waals surface area contributed by atoms with Crippen LogP contribution >= 0.6 is 0 Å². The number of rotatable bonds is 4. The molecule has 3 aliphatic heterocycles. The number of nitrogens with zero attached hydrogens (tertiary/aromatic N) is 2. The van der Waals surface area contributed by atoms with Gasteiger partial charge in [-0.15, -0.1) is 0 Å². The zero-order valence-electron chi connectivity index (χ0n) is 16.6. The molecule has 4 atom stereocenters. The molecular weight excluding hydrogens is 370 g/mol. The second-order valence-electron chi connectivity index (χ2n) is 8.39. The molecule has 7 heteroatoms. The van der Waals surface area contributed by atoms with Crippen LogP contribution in [0, 0.1) is 18.8 Å². The minimum Gasteiger partial charge on any atom is -0.360 e. The second kappa shape index (κ2) is 6.29. The first-order valence-electron chi connectivity index (χ1n) is 9.91. The molecular formula is C22H23N3O4. The molecule has 2 aromatic rings. The number of carbonyl (C=O) groups excluding carboxylic acids is 2. The molecule has 0 aliphatic carbocycles. The van der Waals surface area contributed by atoms with E-state index in [-0.39, 0.29) is 17.9 Å². The third-order valence-electron chi connectivity index (χ3n) is 6.14. The average molecular weight is 393 g/mol. The van der Waals surface area contributed by atoms with Crippen molar-refractivity contribution in [3.63, 3.8) is 0 Å². The Morgan fingerprint density at radius 2 is 2.07 bits per heavy atom. The van der Waals surface area contributed by atoms with E-state index in [1.54, 1.807) is 17.9 Å². The third-order valence-corrected chi connectivity index (χ3v) is 6.14. The minimum atomic E-state index is -0.780. The maximum absolute atomic E-state index is 13.2. The molecule has 2 bridgehead atoms. The summed E-state index contributed by atoms with van der Waals surface area (Å²) in [5.41, 5.74) is 1.14. The molecule has 1 spiro atoms. The topological polar surface area (TPSA) is 84.7 Å². The van der Waals surface area contributed by atoms with Gasteiger partial charge in [0.15, 0.2) is 5.82 Å². The van der Waals surface area contributed by atoms with E-state index >= 15 is 0 Å². The van der Waals surface area contributed by atoms with E-state index in [1.807, 2.05) is 36.4 Å². The summed E-state index contributed by atoms with van der Waals surface area (Å²) in [5.74, 6) is 0.0172. The number of ether oxygens (including phenoxy) is 1. The molecule has 3 aliphatic rings. The van der Waals surface area contributed by atoms with Crippen LogP contribution in [0.2, 0.25) is 0 Å². The lowest BCUT2D eigenvalue weighted by Gasteiger charge is -2.23. The van der Waals surface area contributed by atoms with Gasteiger partial charge in [0.2, 0.25) is 11.8 Å². The van der Waals surface area contributed by atoms with Crippen LogP contribution in [0.25, 0.3) is 0 Å². The normalized spacial score (nSPS) is 29.7. The summed E-state index contributed by atoms with van der Waals surface area (Å²) in [7, 11) is 0. The van der Waals surface area contributed by atoms with Gasteiger partial charge in [-0.1, -0.05) is 43.3 Å². The molecule has 29 heavy (non-hydrogen) atoms. The maximum atomic E-state index is 13.2. The largest absolute Gasteiger partial charge is 0.360 e. The van der Waals surface area contributed by atoms with Crippen molar-refractivity contribution < 1.29 is 18.8 Å². The summed E-state index contributed by atoms with van der Waals surface area (Å²) in [5, 5.41) is 6.93. The van der Waals surface area contributed by atoms with Crippen LogP contribution in [-0.2, 0) is 14.3 Å². The van der Waals surface area contributed by atoms with Gasteiger partial charge in [-0.05, 0) is 30.5 Å². The molecule has 0 saturated carbocycles. The Kier molecular flexibility index (Phi) is 3.93. The fourth-order valence-electron chi connectivity index (χ4n) is 4.65. The number of hydrogen-bond acceptors (Lipinski definition) is 5. The highest BCUT2D eigenvalue weighted by atomic mass is 16.5. The summed E-state index contributed by atoms with van der Waals surface area (Å²) < 4.78 is 11.3. The van der Waals surface area contributed by atoms with E-state index in [2.05, 4.69) is 24.3 Å². The lowest BCUT2D eigenvalue weighted by molar-refractivity contribution is -0.128. The van der Waals surface area contributed by atoms with Crippen LogP contribution in [0.3, 0.4) is 0 Å². The van der Waals surface area contributed by atoms with Gasteiger partial charge in [0, 0.05) is 11.8 Å². The fourth-order valence-corrected chi connectivity index (χ4v) is 4.65. The first-order valence-corrected chi connectivity index (χ1v) is 9.91. The van der Waals surface area contributed by atoms with E-state index < -0.39 is 17.4 Å². The zero-order valence-corrected chi connectivity index (χ0v) is 16.6. The number of carbonyl (C=O) groups is 2. The number of aryl methyl sites for hydroxylation is 1. The summed E-state index contributed by atoms with van der Waals surface area (Å²) in [6.07, 6.45) is 3.43. The highest BCUT2D eigenvalue weighted by Gasteiger charge is 2.67.